The highest BCUT2D eigenvalue weighted by atomic mass is 35.5. The Morgan fingerprint density at radius 3 is 2.37 bits per heavy atom. The van der Waals surface area contributed by atoms with Crippen molar-refractivity contribution in [1.82, 2.24) is 14.8 Å². The van der Waals surface area contributed by atoms with Gasteiger partial charge in [-0.15, -0.1) is 11.6 Å². The van der Waals surface area contributed by atoms with E-state index in [2.05, 4.69) is 10.1 Å². The normalized spacial score (nSPS) is 11.5. The fraction of sp³-hybridized carbons (Fsp3) is 0.333. The smallest absolute Gasteiger partial charge is 0.490 e. The zero-order chi connectivity index (χ0) is 22.9. The molecule has 1 aromatic carbocycles. The van der Waals surface area contributed by atoms with Crippen LogP contribution < -0.4 is 4.74 Å². The van der Waals surface area contributed by atoms with Gasteiger partial charge in [0.15, 0.2) is 0 Å². The molecule has 1 heterocycles. The highest BCUT2D eigenvalue weighted by molar-refractivity contribution is 6.17. The fourth-order valence-corrected chi connectivity index (χ4v) is 2.27. The van der Waals surface area contributed by atoms with Crippen molar-refractivity contribution in [1.29, 1.82) is 0 Å². The fourth-order valence-electron chi connectivity index (χ4n) is 2.13. The van der Waals surface area contributed by atoms with Gasteiger partial charge in [-0.2, -0.15) is 18.3 Å². The van der Waals surface area contributed by atoms with Crippen molar-refractivity contribution in [3.05, 3.63) is 41.5 Å². The number of aryl methyl sites for hydroxylation is 1. The van der Waals surface area contributed by atoms with Gasteiger partial charge in [-0.05, 0) is 43.5 Å². The van der Waals surface area contributed by atoms with Crippen LogP contribution in [0.3, 0.4) is 0 Å². The molecule has 12 heteroatoms. The Bertz CT molecular complexity index is 913. The number of nitrogens with zero attached hydrogens (tertiary/aromatic N) is 3. The second kappa shape index (κ2) is 11.2. The van der Waals surface area contributed by atoms with Gasteiger partial charge in [-0.1, -0.05) is 6.07 Å². The Kier molecular flexibility index (Phi) is 9.31. The minimum atomic E-state index is -5.08. The summed E-state index contributed by atoms with van der Waals surface area (Å²) in [6, 6.07) is 5.41. The second-order valence-electron chi connectivity index (χ2n) is 5.74. The molecular formula is C18H19ClF3N3O5. The molecule has 2 aromatic rings. The molecule has 0 bridgehead atoms. The lowest BCUT2D eigenvalue weighted by molar-refractivity contribution is -0.192. The van der Waals surface area contributed by atoms with Crippen LogP contribution in [0.2, 0.25) is 0 Å². The van der Waals surface area contributed by atoms with Gasteiger partial charge in [0.2, 0.25) is 0 Å². The number of carbonyl (C=O) groups is 2. The Morgan fingerprint density at radius 2 is 1.93 bits per heavy atom. The van der Waals surface area contributed by atoms with Crippen molar-refractivity contribution < 1.29 is 37.7 Å². The van der Waals surface area contributed by atoms with Gasteiger partial charge in [0.1, 0.15) is 23.6 Å². The number of aliphatic carboxylic acids is 2. The van der Waals surface area contributed by atoms with E-state index in [4.69, 9.17) is 26.2 Å². The van der Waals surface area contributed by atoms with Crippen LogP contribution in [0, 0.1) is 6.92 Å². The van der Waals surface area contributed by atoms with E-state index in [0.29, 0.717) is 35.9 Å². The summed E-state index contributed by atoms with van der Waals surface area (Å²) in [6.07, 6.45) is -0.808. The lowest BCUT2D eigenvalue weighted by atomic mass is 10.1. The van der Waals surface area contributed by atoms with Crippen molar-refractivity contribution >= 4 is 29.6 Å². The Morgan fingerprint density at radius 1 is 1.30 bits per heavy atom. The number of carboxylic acids is 2. The number of hydrogen-bond acceptors (Lipinski definition) is 5. The Labute approximate surface area is 174 Å². The summed E-state index contributed by atoms with van der Waals surface area (Å²) >= 11 is 5.64. The molecule has 0 aliphatic carbocycles. The molecule has 0 unspecified atom stereocenters. The molecule has 0 spiro atoms. The van der Waals surface area contributed by atoms with Crippen LogP contribution in [0.15, 0.2) is 30.1 Å². The molecule has 2 rings (SSSR count). The molecule has 0 fully saturated rings. The van der Waals surface area contributed by atoms with Crippen molar-refractivity contribution in [2.24, 2.45) is 0 Å². The van der Waals surface area contributed by atoms with Crippen LogP contribution >= 0.6 is 11.6 Å². The standard InChI is InChI=1S/C16H18ClN3O3.C2HF3O2/c1-11-18-10-20(19-11)14-6-5-12(9-15(14)23-2)8-13(16(21)22)4-3-7-17;3-2(4,5)1(6)7/h5-6,8-10H,3-4,7H2,1-2H3,(H,21,22);(H,6,7). The summed E-state index contributed by atoms with van der Waals surface area (Å²) in [5, 5.41) is 20.6. The van der Waals surface area contributed by atoms with Gasteiger partial charge in [0.25, 0.3) is 0 Å². The van der Waals surface area contributed by atoms with Crippen LogP contribution in [0.25, 0.3) is 11.8 Å². The molecule has 2 N–H and O–H groups in total. The second-order valence-corrected chi connectivity index (χ2v) is 6.12. The highest BCUT2D eigenvalue weighted by Crippen LogP contribution is 2.25. The Balaban J connectivity index is 0.000000553. The van der Waals surface area contributed by atoms with E-state index < -0.39 is 18.1 Å². The van der Waals surface area contributed by atoms with E-state index in [1.165, 1.54) is 0 Å². The van der Waals surface area contributed by atoms with E-state index >= 15 is 0 Å². The van der Waals surface area contributed by atoms with Crippen molar-refractivity contribution in [2.45, 2.75) is 25.9 Å². The molecule has 0 saturated carbocycles. The van der Waals surface area contributed by atoms with Gasteiger partial charge >= 0.3 is 18.1 Å². The van der Waals surface area contributed by atoms with E-state index in [-0.39, 0.29) is 0 Å². The zero-order valence-electron chi connectivity index (χ0n) is 16.0. The number of methoxy groups -OCH3 is 1. The number of hydrogen-bond donors (Lipinski definition) is 2. The highest BCUT2D eigenvalue weighted by Gasteiger charge is 2.38. The summed E-state index contributed by atoms with van der Waals surface area (Å²) in [4.78, 5) is 24.3. The quantitative estimate of drug-likeness (QED) is 0.489. The third kappa shape index (κ3) is 7.74. The number of benzene rings is 1. The monoisotopic (exact) mass is 449 g/mol. The van der Waals surface area contributed by atoms with E-state index in [9.17, 15) is 23.1 Å². The summed E-state index contributed by atoms with van der Waals surface area (Å²) in [5.74, 6) is -2.02. The summed E-state index contributed by atoms with van der Waals surface area (Å²) < 4.78 is 38.7. The number of carboxylic acid groups (broad SMARTS) is 2. The average molecular weight is 450 g/mol. The molecule has 0 atom stereocenters. The van der Waals surface area contributed by atoms with Crippen LogP contribution in [0.1, 0.15) is 24.2 Å². The topological polar surface area (TPSA) is 115 Å². The predicted molar refractivity (Wildman–Crippen MR) is 102 cm³/mol. The summed E-state index contributed by atoms with van der Waals surface area (Å²) in [7, 11) is 1.56. The SMILES string of the molecule is COc1cc(C=C(CCCCl)C(=O)O)ccc1-n1cnc(C)n1.O=C(O)C(F)(F)F. The van der Waals surface area contributed by atoms with Crippen LogP contribution in [-0.2, 0) is 9.59 Å². The van der Waals surface area contributed by atoms with Crippen LogP contribution in [-0.4, -0.2) is 56.1 Å². The lowest BCUT2D eigenvalue weighted by Crippen LogP contribution is -2.21. The minimum Gasteiger partial charge on any atom is -0.494 e. The number of aromatic nitrogens is 3. The molecule has 0 radical (unpaired) electrons. The first kappa shape index (κ1) is 25.0. The molecule has 1 aromatic heterocycles. The van der Waals surface area contributed by atoms with Gasteiger partial charge < -0.3 is 14.9 Å². The van der Waals surface area contributed by atoms with Gasteiger partial charge in [-0.3, -0.25) is 0 Å². The maximum atomic E-state index is 11.3. The van der Waals surface area contributed by atoms with Gasteiger partial charge in [0.05, 0.1) is 7.11 Å². The lowest BCUT2D eigenvalue weighted by Gasteiger charge is -2.09. The molecule has 0 aliphatic heterocycles. The third-order valence-corrected chi connectivity index (χ3v) is 3.76. The molecule has 0 saturated heterocycles. The summed E-state index contributed by atoms with van der Waals surface area (Å²) in [6.45, 7) is 1.80. The molecule has 8 nitrogen and oxygen atoms in total. The van der Waals surface area contributed by atoms with Crippen molar-refractivity contribution in [3.63, 3.8) is 0 Å². The largest absolute Gasteiger partial charge is 0.494 e. The van der Waals surface area contributed by atoms with Gasteiger partial charge in [0, 0.05) is 11.5 Å². The van der Waals surface area contributed by atoms with Crippen molar-refractivity contribution in [2.75, 3.05) is 13.0 Å². The van der Waals surface area contributed by atoms with Crippen LogP contribution in [0.4, 0.5) is 13.2 Å². The molecule has 164 valence electrons. The molecular weight excluding hydrogens is 431 g/mol. The first-order chi connectivity index (χ1) is 14.0. The maximum absolute atomic E-state index is 11.3. The van der Waals surface area contributed by atoms with Crippen LogP contribution in [0.5, 0.6) is 5.75 Å². The first-order valence-electron chi connectivity index (χ1n) is 8.36. The number of alkyl halides is 4. The van der Waals surface area contributed by atoms with E-state index in [1.807, 2.05) is 12.1 Å². The molecule has 0 aliphatic rings. The van der Waals surface area contributed by atoms with E-state index in [1.54, 1.807) is 37.2 Å². The third-order valence-electron chi connectivity index (χ3n) is 3.49. The van der Waals surface area contributed by atoms with E-state index in [0.717, 1.165) is 11.3 Å². The minimum absolute atomic E-state index is 0.317. The number of ether oxygens (including phenoxy) is 1. The van der Waals surface area contributed by atoms with Crippen molar-refractivity contribution in [3.8, 4) is 11.4 Å². The first-order valence-corrected chi connectivity index (χ1v) is 8.89. The molecule has 30 heavy (non-hydrogen) atoms. The summed E-state index contributed by atoms with van der Waals surface area (Å²) in [5.41, 5.74) is 1.80. The molecule has 0 amide bonds. The van der Waals surface area contributed by atoms with Gasteiger partial charge in [-0.25, -0.2) is 19.3 Å². The number of rotatable bonds is 7. The zero-order valence-corrected chi connectivity index (χ0v) is 16.7. The number of halogens is 4. The Hall–Kier alpha value is -3.08. The maximum Gasteiger partial charge on any atom is 0.490 e. The average Bonchev–Trinajstić information content (AvgIpc) is 3.10. The predicted octanol–water partition coefficient (Wildman–Crippen LogP) is 3.70.